The van der Waals surface area contributed by atoms with E-state index in [0.29, 0.717) is 25.0 Å². The Morgan fingerprint density at radius 3 is 2.48 bits per heavy atom. The molecule has 134 valence electrons. The fourth-order valence-electron chi connectivity index (χ4n) is 4.58. The van der Waals surface area contributed by atoms with Gasteiger partial charge in [0.05, 0.1) is 6.10 Å². The van der Waals surface area contributed by atoms with E-state index in [4.69, 9.17) is 10.5 Å². The van der Waals surface area contributed by atoms with Gasteiger partial charge in [0.25, 0.3) is 0 Å². The molecule has 0 aromatic rings. The fraction of sp³-hybridized carbons (Fsp3) is 0.944. The molecule has 0 radical (unpaired) electrons. The number of rotatable bonds is 5. The second-order valence-corrected chi connectivity index (χ2v) is 8.22. The van der Waals surface area contributed by atoms with E-state index in [0.717, 1.165) is 12.3 Å². The van der Waals surface area contributed by atoms with Crippen LogP contribution < -0.4 is 11.1 Å². The number of nitrogens with two attached hydrogens (primary N) is 1. The second-order valence-electron chi connectivity index (χ2n) is 8.22. The van der Waals surface area contributed by atoms with Gasteiger partial charge in [-0.1, -0.05) is 46.0 Å². The van der Waals surface area contributed by atoms with Crippen LogP contribution >= 0.6 is 12.4 Å². The molecule has 3 aliphatic carbocycles. The number of carbonyl (C=O) groups excluding carboxylic acids is 1. The molecule has 23 heavy (non-hydrogen) atoms. The second kappa shape index (κ2) is 6.89. The van der Waals surface area contributed by atoms with E-state index in [1.165, 1.54) is 32.1 Å². The highest BCUT2D eigenvalue weighted by Gasteiger charge is 2.63. The van der Waals surface area contributed by atoms with Crippen molar-refractivity contribution >= 4 is 18.3 Å². The lowest BCUT2D eigenvalue weighted by Gasteiger charge is -2.57. The molecule has 4 unspecified atom stereocenters. The molecule has 3 N–H and O–H groups in total. The zero-order valence-electron chi connectivity index (χ0n) is 14.8. The van der Waals surface area contributed by atoms with Gasteiger partial charge in [0.1, 0.15) is 5.54 Å². The lowest BCUT2D eigenvalue weighted by Crippen LogP contribution is -2.76. The summed E-state index contributed by atoms with van der Waals surface area (Å²) in [6.07, 6.45) is 8.71. The Morgan fingerprint density at radius 2 is 1.91 bits per heavy atom. The van der Waals surface area contributed by atoms with E-state index in [9.17, 15) is 4.79 Å². The average Bonchev–Trinajstić information content (AvgIpc) is 3.27. The summed E-state index contributed by atoms with van der Waals surface area (Å²) >= 11 is 0. The summed E-state index contributed by atoms with van der Waals surface area (Å²) in [5.74, 6) is 1.58. The molecule has 0 aromatic heterocycles. The van der Waals surface area contributed by atoms with Gasteiger partial charge in [0.15, 0.2) is 0 Å². The van der Waals surface area contributed by atoms with Crippen molar-refractivity contribution in [2.45, 2.75) is 83.4 Å². The largest absolute Gasteiger partial charge is 0.378 e. The Bertz CT molecular complexity index is 437. The quantitative estimate of drug-likeness (QED) is 0.805. The van der Waals surface area contributed by atoms with Crippen molar-refractivity contribution in [3.8, 4) is 0 Å². The smallest absolute Gasteiger partial charge is 0.241 e. The third kappa shape index (κ3) is 3.27. The molecule has 0 bridgehead atoms. The highest BCUT2D eigenvalue weighted by atomic mass is 35.5. The Kier molecular flexibility index (Phi) is 5.70. The predicted molar refractivity (Wildman–Crippen MR) is 94.6 cm³/mol. The van der Waals surface area contributed by atoms with Crippen molar-refractivity contribution in [1.29, 1.82) is 0 Å². The molecule has 0 aromatic carbocycles. The van der Waals surface area contributed by atoms with Crippen LogP contribution in [0.2, 0.25) is 0 Å². The van der Waals surface area contributed by atoms with Gasteiger partial charge in [-0.2, -0.15) is 0 Å². The summed E-state index contributed by atoms with van der Waals surface area (Å²) in [6.45, 7) is 6.79. The number of nitrogens with one attached hydrogen (secondary N) is 1. The zero-order chi connectivity index (χ0) is 16.0. The summed E-state index contributed by atoms with van der Waals surface area (Å²) in [6, 6.07) is 0.373. The third-order valence-electron chi connectivity index (χ3n) is 6.65. The maximum Gasteiger partial charge on any atom is 0.241 e. The fourth-order valence-corrected chi connectivity index (χ4v) is 4.58. The Morgan fingerprint density at radius 1 is 1.26 bits per heavy atom. The van der Waals surface area contributed by atoms with E-state index in [1.54, 1.807) is 0 Å². The third-order valence-corrected chi connectivity index (χ3v) is 6.65. The highest BCUT2D eigenvalue weighted by molar-refractivity contribution is 5.89. The van der Waals surface area contributed by atoms with Crippen LogP contribution in [0.1, 0.15) is 65.7 Å². The summed E-state index contributed by atoms with van der Waals surface area (Å²) < 4.78 is 5.72. The van der Waals surface area contributed by atoms with Gasteiger partial charge in [0, 0.05) is 24.5 Å². The van der Waals surface area contributed by atoms with Crippen LogP contribution in [0, 0.1) is 17.3 Å². The van der Waals surface area contributed by atoms with Crippen molar-refractivity contribution in [1.82, 2.24) is 5.32 Å². The first-order valence-electron chi connectivity index (χ1n) is 9.11. The van der Waals surface area contributed by atoms with Crippen molar-refractivity contribution in [3.63, 3.8) is 0 Å². The topological polar surface area (TPSA) is 64.3 Å². The summed E-state index contributed by atoms with van der Waals surface area (Å²) in [5, 5.41) is 3.24. The predicted octanol–water partition coefficient (Wildman–Crippen LogP) is 3.03. The van der Waals surface area contributed by atoms with Gasteiger partial charge in [-0.05, 0) is 25.2 Å². The first kappa shape index (κ1) is 19.0. The monoisotopic (exact) mass is 344 g/mol. The molecule has 3 saturated carbocycles. The van der Waals surface area contributed by atoms with E-state index >= 15 is 0 Å². The maximum atomic E-state index is 12.7. The number of carbonyl (C=O) groups is 1. The van der Waals surface area contributed by atoms with Crippen LogP contribution in [0.3, 0.4) is 0 Å². The molecule has 4 nitrogen and oxygen atoms in total. The molecule has 0 saturated heterocycles. The minimum Gasteiger partial charge on any atom is -0.378 e. The summed E-state index contributed by atoms with van der Waals surface area (Å²) in [7, 11) is 0. The van der Waals surface area contributed by atoms with Gasteiger partial charge in [0.2, 0.25) is 5.91 Å². The molecule has 3 fully saturated rings. The number of amides is 1. The van der Waals surface area contributed by atoms with Gasteiger partial charge in [-0.3, -0.25) is 4.79 Å². The Balaban J connectivity index is 0.00000192. The van der Waals surface area contributed by atoms with E-state index in [-0.39, 0.29) is 29.8 Å². The highest BCUT2D eigenvalue weighted by Crippen LogP contribution is 2.51. The molecular weight excluding hydrogens is 312 g/mol. The zero-order valence-corrected chi connectivity index (χ0v) is 15.6. The molecule has 3 rings (SSSR count). The first-order valence-corrected chi connectivity index (χ1v) is 9.11. The number of hydrogen-bond acceptors (Lipinski definition) is 3. The average molecular weight is 345 g/mol. The molecule has 0 aliphatic heterocycles. The van der Waals surface area contributed by atoms with Gasteiger partial charge in [-0.15, -0.1) is 12.4 Å². The first-order chi connectivity index (χ1) is 10.4. The van der Waals surface area contributed by atoms with Gasteiger partial charge < -0.3 is 15.8 Å². The summed E-state index contributed by atoms with van der Waals surface area (Å²) in [5.41, 5.74) is 5.39. The van der Waals surface area contributed by atoms with Crippen molar-refractivity contribution in [2.75, 3.05) is 6.61 Å². The number of hydrogen-bond donors (Lipinski definition) is 2. The molecule has 5 heteroatoms. The van der Waals surface area contributed by atoms with Crippen molar-refractivity contribution < 1.29 is 9.53 Å². The minimum atomic E-state index is -0.771. The van der Waals surface area contributed by atoms with Gasteiger partial charge in [-0.25, -0.2) is 0 Å². The van der Waals surface area contributed by atoms with Crippen LogP contribution in [0.4, 0.5) is 0 Å². The molecular formula is C18H33ClN2O2. The molecule has 0 spiro atoms. The Hall–Kier alpha value is -0.320. The maximum absolute atomic E-state index is 12.7. The van der Waals surface area contributed by atoms with E-state index < -0.39 is 5.54 Å². The molecule has 3 aliphatic rings. The van der Waals surface area contributed by atoms with Crippen LogP contribution in [0.25, 0.3) is 0 Å². The minimum absolute atomic E-state index is 0. The molecule has 4 atom stereocenters. The Labute approximate surface area is 146 Å². The van der Waals surface area contributed by atoms with Crippen molar-refractivity contribution in [2.24, 2.45) is 23.0 Å². The van der Waals surface area contributed by atoms with Crippen LogP contribution in [0.15, 0.2) is 0 Å². The van der Waals surface area contributed by atoms with Gasteiger partial charge >= 0.3 is 0 Å². The lowest BCUT2D eigenvalue weighted by molar-refractivity contribution is -0.170. The number of ether oxygens (including phenoxy) is 1. The normalized spacial score (nSPS) is 39.0. The van der Waals surface area contributed by atoms with Crippen LogP contribution in [0.5, 0.6) is 0 Å². The van der Waals surface area contributed by atoms with E-state index in [2.05, 4.69) is 19.2 Å². The number of halogens is 1. The molecule has 1 amide bonds. The standard InChI is InChI=1S/C18H32N2O2.ClH/c1-4-22-15-11-18(19,17(15,2)3)16(21)20-14-10-13(14)12-8-6-5-7-9-12;/h12-15H,4-11,19H2,1-3H3,(H,20,21);1H. The van der Waals surface area contributed by atoms with Crippen LogP contribution in [-0.2, 0) is 9.53 Å². The van der Waals surface area contributed by atoms with Crippen LogP contribution in [-0.4, -0.2) is 30.2 Å². The SMILES string of the molecule is CCOC1CC(N)(C(=O)NC2CC2C2CCCCC2)C1(C)C.Cl. The molecule has 0 heterocycles. The summed E-state index contributed by atoms with van der Waals surface area (Å²) in [4.78, 5) is 12.7. The van der Waals surface area contributed by atoms with Crippen molar-refractivity contribution in [3.05, 3.63) is 0 Å². The lowest BCUT2D eigenvalue weighted by atomic mass is 9.54. The van der Waals surface area contributed by atoms with E-state index in [1.807, 2.05) is 6.92 Å².